The van der Waals surface area contributed by atoms with E-state index in [4.69, 9.17) is 5.11 Å². The van der Waals surface area contributed by atoms with Crippen LogP contribution in [-0.4, -0.2) is 11.1 Å². The Balaban J connectivity index is 2.05. The molecule has 0 fully saturated rings. The fourth-order valence-corrected chi connectivity index (χ4v) is 4.89. The zero-order valence-electron chi connectivity index (χ0n) is 20.1. The summed E-state index contributed by atoms with van der Waals surface area (Å²) in [4.78, 5) is 10.5. The molecular formula is C28H52O2. The number of rotatable bonds is 12. The van der Waals surface area contributed by atoms with Crippen LogP contribution in [0.3, 0.4) is 0 Å². The van der Waals surface area contributed by atoms with Crippen molar-refractivity contribution in [2.45, 2.75) is 154 Å². The molecule has 0 amide bonds. The standard InChI is InChI=1S/C28H52O2/c29-28(30)26-22-18-14-10-6-9-13-17-21-25-27-23-19-15-11-7-4-2-1-3-5-8-12-16-20-24-27/h1-2,27H,3-26H2,(H,29,30). The van der Waals surface area contributed by atoms with Gasteiger partial charge >= 0.3 is 5.97 Å². The minimum absolute atomic E-state index is 0.346. The Morgan fingerprint density at radius 1 is 0.600 bits per heavy atom. The first-order valence-electron chi connectivity index (χ1n) is 13.7. The van der Waals surface area contributed by atoms with Crippen LogP contribution in [0.4, 0.5) is 0 Å². The zero-order valence-corrected chi connectivity index (χ0v) is 20.1. The van der Waals surface area contributed by atoms with Crippen molar-refractivity contribution in [3.63, 3.8) is 0 Å². The predicted molar refractivity (Wildman–Crippen MR) is 131 cm³/mol. The number of carboxylic acids is 1. The van der Waals surface area contributed by atoms with Crippen LogP contribution in [0.15, 0.2) is 12.2 Å². The van der Waals surface area contributed by atoms with Gasteiger partial charge in [-0.05, 0) is 38.0 Å². The summed E-state index contributed by atoms with van der Waals surface area (Å²) >= 11 is 0. The third kappa shape index (κ3) is 19.2. The van der Waals surface area contributed by atoms with Gasteiger partial charge in [0.15, 0.2) is 0 Å². The van der Waals surface area contributed by atoms with E-state index in [0.29, 0.717) is 6.42 Å². The molecule has 0 radical (unpaired) electrons. The van der Waals surface area contributed by atoms with Crippen LogP contribution in [0.25, 0.3) is 0 Å². The topological polar surface area (TPSA) is 37.3 Å². The lowest BCUT2D eigenvalue weighted by molar-refractivity contribution is -0.137. The normalized spacial score (nSPS) is 20.2. The molecule has 1 aliphatic carbocycles. The third-order valence-electron chi connectivity index (χ3n) is 6.89. The Morgan fingerprint density at radius 3 is 1.57 bits per heavy atom. The monoisotopic (exact) mass is 420 g/mol. The van der Waals surface area contributed by atoms with Crippen molar-refractivity contribution >= 4 is 5.97 Å². The van der Waals surface area contributed by atoms with Crippen LogP contribution < -0.4 is 0 Å². The summed E-state index contributed by atoms with van der Waals surface area (Å²) in [5.74, 6) is 0.345. The highest BCUT2D eigenvalue weighted by atomic mass is 16.4. The van der Waals surface area contributed by atoms with Gasteiger partial charge in [0.2, 0.25) is 0 Å². The van der Waals surface area contributed by atoms with Crippen LogP contribution in [0.1, 0.15) is 154 Å². The van der Waals surface area contributed by atoms with Crippen LogP contribution in [-0.2, 0) is 4.79 Å². The molecule has 0 saturated carbocycles. The number of hydrogen-bond acceptors (Lipinski definition) is 1. The fourth-order valence-electron chi connectivity index (χ4n) is 4.89. The first-order chi connectivity index (χ1) is 14.8. The summed E-state index contributed by atoms with van der Waals surface area (Å²) < 4.78 is 0. The molecule has 0 aromatic heterocycles. The van der Waals surface area contributed by atoms with Gasteiger partial charge in [-0.1, -0.05) is 128 Å². The molecule has 0 aromatic rings. The molecule has 0 bridgehead atoms. The van der Waals surface area contributed by atoms with Crippen LogP contribution in [0.5, 0.6) is 0 Å². The molecule has 1 N–H and O–H groups in total. The lowest BCUT2D eigenvalue weighted by atomic mass is 9.89. The number of allylic oxidation sites excluding steroid dienone is 2. The Labute approximate surface area is 188 Å². The molecule has 0 spiro atoms. The molecule has 1 rings (SSSR count). The number of hydrogen-bond donors (Lipinski definition) is 1. The van der Waals surface area contributed by atoms with Crippen molar-refractivity contribution in [3.05, 3.63) is 12.2 Å². The average molecular weight is 421 g/mol. The zero-order chi connectivity index (χ0) is 21.5. The highest BCUT2D eigenvalue weighted by Gasteiger charge is 2.09. The molecule has 1 atom stereocenters. The van der Waals surface area contributed by atoms with Crippen molar-refractivity contribution in [3.8, 4) is 0 Å². The maximum Gasteiger partial charge on any atom is 0.303 e. The van der Waals surface area contributed by atoms with Gasteiger partial charge in [0.25, 0.3) is 0 Å². The summed E-state index contributed by atoms with van der Waals surface area (Å²) in [5, 5.41) is 8.65. The summed E-state index contributed by atoms with van der Waals surface area (Å²) in [6, 6.07) is 0. The van der Waals surface area contributed by atoms with Crippen molar-refractivity contribution in [2.24, 2.45) is 5.92 Å². The first kappa shape index (κ1) is 27.2. The van der Waals surface area contributed by atoms with Crippen molar-refractivity contribution in [1.29, 1.82) is 0 Å². The van der Waals surface area contributed by atoms with Crippen molar-refractivity contribution in [1.82, 2.24) is 0 Å². The van der Waals surface area contributed by atoms with Gasteiger partial charge in [-0.2, -0.15) is 0 Å². The Kier molecular flexibility index (Phi) is 19.5. The molecule has 1 aliphatic rings. The second kappa shape index (κ2) is 21.4. The second-order valence-electron chi connectivity index (χ2n) is 9.79. The number of carboxylic acid groups (broad SMARTS) is 1. The van der Waals surface area contributed by atoms with E-state index in [1.807, 2.05) is 0 Å². The van der Waals surface area contributed by atoms with Gasteiger partial charge in [-0.3, -0.25) is 4.79 Å². The molecule has 0 aromatic carbocycles. The Morgan fingerprint density at radius 2 is 1.03 bits per heavy atom. The van der Waals surface area contributed by atoms with E-state index in [-0.39, 0.29) is 0 Å². The minimum Gasteiger partial charge on any atom is -0.481 e. The van der Waals surface area contributed by atoms with Crippen LogP contribution in [0, 0.1) is 5.92 Å². The number of unbranched alkanes of at least 4 members (excludes halogenated alkanes) is 8. The van der Waals surface area contributed by atoms with Crippen molar-refractivity contribution < 1.29 is 9.90 Å². The molecular weight excluding hydrogens is 368 g/mol. The summed E-state index contributed by atoms with van der Waals surface area (Å²) in [6.45, 7) is 0. The van der Waals surface area contributed by atoms with E-state index < -0.39 is 5.97 Å². The van der Waals surface area contributed by atoms with Crippen LogP contribution >= 0.6 is 0 Å². The molecule has 176 valence electrons. The lowest BCUT2D eigenvalue weighted by Crippen LogP contribution is -2.01. The van der Waals surface area contributed by atoms with E-state index >= 15 is 0 Å². The van der Waals surface area contributed by atoms with Gasteiger partial charge in [0, 0.05) is 6.42 Å². The maximum atomic E-state index is 10.5. The molecule has 2 nitrogen and oxygen atoms in total. The lowest BCUT2D eigenvalue weighted by Gasteiger charge is -2.17. The molecule has 1 unspecified atom stereocenters. The summed E-state index contributed by atoms with van der Waals surface area (Å²) in [5.41, 5.74) is 0. The summed E-state index contributed by atoms with van der Waals surface area (Å²) in [7, 11) is 0. The predicted octanol–water partition coefficient (Wildman–Crippen LogP) is 9.62. The molecule has 2 heteroatoms. The summed E-state index contributed by atoms with van der Waals surface area (Å²) in [6.07, 6.45) is 36.5. The fraction of sp³-hybridized carbons (Fsp3) is 0.893. The number of aliphatic carboxylic acids is 1. The smallest absolute Gasteiger partial charge is 0.303 e. The minimum atomic E-state index is -0.647. The van der Waals surface area contributed by atoms with E-state index in [0.717, 1.165) is 18.8 Å². The van der Waals surface area contributed by atoms with E-state index in [2.05, 4.69) is 12.2 Å². The second-order valence-corrected chi connectivity index (χ2v) is 9.79. The van der Waals surface area contributed by atoms with E-state index in [1.54, 1.807) is 0 Å². The highest BCUT2D eigenvalue weighted by molar-refractivity contribution is 5.66. The quantitative estimate of drug-likeness (QED) is 0.252. The average Bonchev–Trinajstić information content (AvgIpc) is 2.72. The van der Waals surface area contributed by atoms with Gasteiger partial charge in [0.1, 0.15) is 0 Å². The first-order valence-corrected chi connectivity index (χ1v) is 13.7. The molecule has 0 saturated heterocycles. The van der Waals surface area contributed by atoms with Gasteiger partial charge in [-0.15, -0.1) is 0 Å². The molecule has 0 aliphatic heterocycles. The van der Waals surface area contributed by atoms with Gasteiger partial charge in [-0.25, -0.2) is 0 Å². The van der Waals surface area contributed by atoms with E-state index in [9.17, 15) is 4.79 Å². The molecule has 0 heterocycles. The molecule has 30 heavy (non-hydrogen) atoms. The van der Waals surface area contributed by atoms with Gasteiger partial charge in [0.05, 0.1) is 0 Å². The maximum absolute atomic E-state index is 10.5. The highest BCUT2D eigenvalue weighted by Crippen LogP contribution is 2.25. The van der Waals surface area contributed by atoms with Gasteiger partial charge < -0.3 is 5.11 Å². The Hall–Kier alpha value is -0.790. The largest absolute Gasteiger partial charge is 0.481 e. The van der Waals surface area contributed by atoms with Crippen LogP contribution in [0.2, 0.25) is 0 Å². The van der Waals surface area contributed by atoms with E-state index in [1.165, 1.54) is 135 Å². The Bertz CT molecular complexity index is 401. The number of carbonyl (C=O) groups is 1. The third-order valence-corrected chi connectivity index (χ3v) is 6.89. The SMILES string of the molecule is O=C(O)CCCCCCCCCCCC1CCCCCCC=CCCCCCCC1. The van der Waals surface area contributed by atoms with Crippen molar-refractivity contribution in [2.75, 3.05) is 0 Å².